The third-order valence-corrected chi connectivity index (χ3v) is 2.37. The summed E-state index contributed by atoms with van der Waals surface area (Å²) in [6, 6.07) is 1.06. The van der Waals surface area contributed by atoms with Crippen LogP contribution >= 0.6 is 0 Å². The molecule has 0 rings (SSSR count). The van der Waals surface area contributed by atoms with Crippen LogP contribution in [0.3, 0.4) is 0 Å². The molecule has 0 aliphatic carbocycles. The molecule has 0 unspecified atom stereocenters. The summed E-state index contributed by atoms with van der Waals surface area (Å²) >= 11 is 0. The van der Waals surface area contributed by atoms with Gasteiger partial charge in [-0.15, -0.1) is 0 Å². The largest absolute Gasteiger partial charge is 0.265 e. The average molecular weight is 146 g/mol. The van der Waals surface area contributed by atoms with Crippen molar-refractivity contribution >= 4 is 8.80 Å². The van der Waals surface area contributed by atoms with Gasteiger partial charge in [0.1, 0.15) is 0 Å². The van der Waals surface area contributed by atoms with Crippen LogP contribution in [0.25, 0.3) is 0 Å². The lowest BCUT2D eigenvalue weighted by molar-refractivity contribution is -0.479. The van der Waals surface area contributed by atoms with Gasteiger partial charge in [0.2, 0.25) is 6.54 Å². The summed E-state index contributed by atoms with van der Waals surface area (Å²) in [6.07, 6.45) is 0.758. The van der Waals surface area contributed by atoms with Gasteiger partial charge in [0.25, 0.3) is 0 Å². The predicted octanol–water partition coefficient (Wildman–Crippen LogP) is 1.41. The van der Waals surface area contributed by atoms with E-state index in [1.807, 2.05) is 0 Å². The summed E-state index contributed by atoms with van der Waals surface area (Å²) in [5.74, 6) is 0. The first-order chi connectivity index (χ1) is 4.13. The van der Waals surface area contributed by atoms with Gasteiger partial charge < -0.3 is 0 Å². The van der Waals surface area contributed by atoms with Gasteiger partial charge in [0.05, 0.1) is 0 Å². The van der Waals surface area contributed by atoms with Gasteiger partial charge >= 0.3 is 0 Å². The molecular formula is C5H12NO2Si. The van der Waals surface area contributed by atoms with Crippen LogP contribution < -0.4 is 0 Å². The molecule has 0 amide bonds. The molecule has 0 N–H and O–H groups in total. The van der Waals surface area contributed by atoms with Crippen molar-refractivity contribution in [2.45, 2.75) is 25.6 Å². The Morgan fingerprint density at radius 3 is 2.44 bits per heavy atom. The second-order valence-corrected chi connectivity index (χ2v) is 5.28. The van der Waals surface area contributed by atoms with Crippen molar-refractivity contribution in [1.82, 2.24) is 0 Å². The Morgan fingerprint density at radius 1 is 1.56 bits per heavy atom. The molecule has 0 saturated heterocycles. The van der Waals surface area contributed by atoms with Gasteiger partial charge in [-0.25, -0.2) is 0 Å². The van der Waals surface area contributed by atoms with Crippen molar-refractivity contribution in [3.05, 3.63) is 10.1 Å². The second-order valence-electron chi connectivity index (χ2n) is 2.37. The molecule has 0 aliphatic heterocycles. The Morgan fingerprint density at radius 2 is 2.11 bits per heavy atom. The van der Waals surface area contributed by atoms with E-state index in [1.54, 1.807) is 0 Å². The second kappa shape index (κ2) is 4.49. The van der Waals surface area contributed by atoms with Crippen molar-refractivity contribution in [2.75, 3.05) is 6.54 Å². The van der Waals surface area contributed by atoms with Gasteiger partial charge in [-0.2, -0.15) is 0 Å². The van der Waals surface area contributed by atoms with E-state index in [2.05, 4.69) is 13.1 Å². The molecule has 0 spiro atoms. The molecule has 4 heteroatoms. The molecule has 0 aromatic carbocycles. The SMILES string of the molecule is C[Si](C)CCC[N+](=O)[O-]. The lowest BCUT2D eigenvalue weighted by atomic mass is 10.5. The number of hydrogen-bond donors (Lipinski definition) is 0. The monoisotopic (exact) mass is 146 g/mol. The van der Waals surface area contributed by atoms with Crippen LogP contribution in [-0.2, 0) is 0 Å². The smallest absolute Gasteiger partial charge is 0.203 e. The third-order valence-electron chi connectivity index (χ3n) is 1.02. The van der Waals surface area contributed by atoms with Gasteiger partial charge in [0.15, 0.2) is 0 Å². The van der Waals surface area contributed by atoms with Crippen LogP contribution in [0.5, 0.6) is 0 Å². The Labute approximate surface area is 56.8 Å². The molecule has 0 fully saturated rings. The first-order valence-electron chi connectivity index (χ1n) is 3.03. The zero-order valence-electron chi connectivity index (χ0n) is 5.89. The standard InChI is InChI=1S/C5H12NO2Si/c1-9(2)5-3-4-6(7)8/h3-5H2,1-2H3. The van der Waals surface area contributed by atoms with Crippen LogP contribution in [0.2, 0.25) is 19.1 Å². The molecule has 0 heterocycles. The van der Waals surface area contributed by atoms with E-state index in [0.717, 1.165) is 12.5 Å². The van der Waals surface area contributed by atoms with Gasteiger partial charge in [-0.1, -0.05) is 19.1 Å². The minimum absolute atomic E-state index is 0.149. The molecule has 9 heavy (non-hydrogen) atoms. The quantitative estimate of drug-likeness (QED) is 0.342. The van der Waals surface area contributed by atoms with Crippen LogP contribution in [-0.4, -0.2) is 20.3 Å². The topological polar surface area (TPSA) is 43.1 Å². The summed E-state index contributed by atoms with van der Waals surface area (Å²) in [4.78, 5) is 9.55. The molecule has 0 aliphatic rings. The summed E-state index contributed by atoms with van der Waals surface area (Å²) in [5.41, 5.74) is 0. The third kappa shape index (κ3) is 7.62. The minimum Gasteiger partial charge on any atom is -0.265 e. The highest BCUT2D eigenvalue weighted by atomic mass is 28.3. The normalized spacial score (nSPS) is 10.1. The van der Waals surface area contributed by atoms with E-state index in [-0.39, 0.29) is 20.3 Å². The zero-order valence-corrected chi connectivity index (χ0v) is 6.89. The number of rotatable bonds is 4. The predicted molar refractivity (Wildman–Crippen MR) is 38.8 cm³/mol. The van der Waals surface area contributed by atoms with Gasteiger partial charge in [0, 0.05) is 20.1 Å². The van der Waals surface area contributed by atoms with E-state index in [4.69, 9.17) is 0 Å². The lowest BCUT2D eigenvalue weighted by Gasteiger charge is -1.96. The lowest BCUT2D eigenvalue weighted by Crippen LogP contribution is -2.05. The molecule has 0 atom stereocenters. The van der Waals surface area contributed by atoms with Gasteiger partial charge in [-0.05, 0) is 0 Å². The fraction of sp³-hybridized carbons (Fsp3) is 1.00. The van der Waals surface area contributed by atoms with Crippen LogP contribution in [0.1, 0.15) is 6.42 Å². The summed E-state index contributed by atoms with van der Waals surface area (Å²) in [5, 5.41) is 9.80. The van der Waals surface area contributed by atoms with E-state index in [9.17, 15) is 10.1 Å². The summed E-state index contributed by atoms with van der Waals surface area (Å²) < 4.78 is 0. The molecule has 0 aromatic heterocycles. The van der Waals surface area contributed by atoms with E-state index in [1.165, 1.54) is 0 Å². The highest BCUT2D eigenvalue weighted by Crippen LogP contribution is 1.95. The Bertz CT molecular complexity index is 95.0. The molecule has 0 bridgehead atoms. The first kappa shape index (κ1) is 8.62. The molecular weight excluding hydrogens is 134 g/mol. The maximum atomic E-state index is 9.80. The van der Waals surface area contributed by atoms with E-state index >= 15 is 0 Å². The van der Waals surface area contributed by atoms with Crippen molar-refractivity contribution in [3.8, 4) is 0 Å². The van der Waals surface area contributed by atoms with Crippen molar-refractivity contribution < 1.29 is 4.92 Å². The fourth-order valence-corrected chi connectivity index (χ4v) is 1.43. The minimum atomic E-state index is -0.245. The van der Waals surface area contributed by atoms with Crippen molar-refractivity contribution in [3.63, 3.8) is 0 Å². The molecule has 3 nitrogen and oxygen atoms in total. The Balaban J connectivity index is 3.01. The highest BCUT2D eigenvalue weighted by molar-refractivity contribution is 6.55. The molecule has 53 valence electrons. The Hall–Kier alpha value is -0.383. The Kier molecular flexibility index (Phi) is 4.30. The van der Waals surface area contributed by atoms with E-state index in [0.29, 0.717) is 0 Å². The van der Waals surface area contributed by atoms with E-state index < -0.39 is 0 Å². The zero-order chi connectivity index (χ0) is 7.28. The van der Waals surface area contributed by atoms with Crippen molar-refractivity contribution in [1.29, 1.82) is 0 Å². The maximum absolute atomic E-state index is 9.80. The van der Waals surface area contributed by atoms with Crippen LogP contribution in [0.4, 0.5) is 0 Å². The number of nitro groups is 1. The van der Waals surface area contributed by atoms with Crippen LogP contribution in [0, 0.1) is 10.1 Å². The fourth-order valence-electron chi connectivity index (χ4n) is 0.562. The maximum Gasteiger partial charge on any atom is 0.203 e. The summed E-state index contributed by atoms with van der Waals surface area (Å²) in [7, 11) is -0.235. The van der Waals surface area contributed by atoms with Crippen molar-refractivity contribution in [2.24, 2.45) is 0 Å². The number of nitrogens with zero attached hydrogens (tertiary/aromatic N) is 1. The molecule has 0 aromatic rings. The number of hydrogen-bond acceptors (Lipinski definition) is 2. The van der Waals surface area contributed by atoms with Gasteiger partial charge in [-0.3, -0.25) is 10.1 Å². The summed E-state index contributed by atoms with van der Waals surface area (Å²) in [6.45, 7) is 4.49. The average Bonchev–Trinajstić information content (AvgIpc) is 1.63. The highest BCUT2D eigenvalue weighted by Gasteiger charge is 1.99. The molecule has 0 saturated carbocycles. The van der Waals surface area contributed by atoms with Crippen LogP contribution in [0.15, 0.2) is 0 Å². The molecule has 1 radical (unpaired) electrons. The first-order valence-corrected chi connectivity index (χ1v) is 5.74.